The van der Waals surface area contributed by atoms with Crippen molar-refractivity contribution in [3.05, 3.63) is 48.0 Å². The fourth-order valence-corrected chi connectivity index (χ4v) is 3.08. The summed E-state index contributed by atoms with van der Waals surface area (Å²) in [6.07, 6.45) is 2.97. The van der Waals surface area contributed by atoms with E-state index in [4.69, 9.17) is 14.2 Å². The van der Waals surface area contributed by atoms with Crippen LogP contribution in [0.2, 0.25) is 0 Å². The van der Waals surface area contributed by atoms with Crippen molar-refractivity contribution in [2.24, 2.45) is 0 Å². The van der Waals surface area contributed by atoms with Gasteiger partial charge in [0.1, 0.15) is 17.1 Å². The average molecular weight is 358 g/mol. The number of hydrogen-bond donors (Lipinski definition) is 2. The minimum Gasteiger partial charge on any atom is -0.496 e. The molecule has 2 aromatic rings. The van der Waals surface area contributed by atoms with Crippen molar-refractivity contribution >= 4 is 0 Å². The highest BCUT2D eigenvalue weighted by Crippen LogP contribution is 2.34. The molecule has 2 aromatic carbocycles. The number of aliphatic hydroxyl groups is 2. The number of ether oxygens (including phenoxy) is 3. The molecule has 0 spiro atoms. The molecule has 1 fully saturated rings. The van der Waals surface area contributed by atoms with Gasteiger partial charge in [0.15, 0.2) is 6.29 Å². The van der Waals surface area contributed by atoms with Crippen LogP contribution in [0.5, 0.6) is 11.5 Å². The van der Waals surface area contributed by atoms with Gasteiger partial charge in [-0.2, -0.15) is 0 Å². The largest absolute Gasteiger partial charge is 0.496 e. The number of hydrogen-bond acceptors (Lipinski definition) is 5. The Morgan fingerprint density at radius 2 is 1.85 bits per heavy atom. The third-order valence-electron chi connectivity index (χ3n) is 4.68. The van der Waals surface area contributed by atoms with E-state index in [1.54, 1.807) is 20.1 Å². The molecule has 5 heteroatoms. The summed E-state index contributed by atoms with van der Waals surface area (Å²) in [5, 5.41) is 19.9. The Labute approximate surface area is 154 Å². The lowest BCUT2D eigenvalue weighted by Crippen LogP contribution is -2.26. The standard InChI is InChI=1S/C21H26O5/c1-21(23,14-22)18-13-16(8-11-19(18)24-2)15-6-9-17(10-7-15)26-20-5-3-4-12-25-20/h6-11,13,20,22-23H,3-5,12,14H2,1-2H3. The average Bonchev–Trinajstić information content (AvgIpc) is 2.69. The second-order valence-corrected chi connectivity index (χ2v) is 6.79. The van der Waals surface area contributed by atoms with Crippen LogP contribution in [-0.2, 0) is 10.3 Å². The van der Waals surface area contributed by atoms with Crippen LogP contribution in [0.3, 0.4) is 0 Å². The first-order valence-corrected chi connectivity index (χ1v) is 8.94. The zero-order chi connectivity index (χ0) is 18.6. The minimum atomic E-state index is -1.37. The maximum Gasteiger partial charge on any atom is 0.199 e. The Morgan fingerprint density at radius 3 is 2.46 bits per heavy atom. The molecule has 2 unspecified atom stereocenters. The van der Waals surface area contributed by atoms with E-state index in [-0.39, 0.29) is 12.9 Å². The van der Waals surface area contributed by atoms with Crippen LogP contribution in [0.15, 0.2) is 42.5 Å². The van der Waals surface area contributed by atoms with Gasteiger partial charge in [0.05, 0.1) is 20.3 Å². The Bertz CT molecular complexity index is 718. The molecule has 5 nitrogen and oxygen atoms in total. The molecule has 0 radical (unpaired) electrons. The molecule has 1 aliphatic rings. The highest BCUT2D eigenvalue weighted by molar-refractivity contribution is 5.67. The zero-order valence-electron chi connectivity index (χ0n) is 15.3. The van der Waals surface area contributed by atoms with Gasteiger partial charge in [0, 0.05) is 12.0 Å². The van der Waals surface area contributed by atoms with E-state index in [9.17, 15) is 10.2 Å². The molecule has 1 heterocycles. The molecule has 1 aliphatic heterocycles. The molecule has 140 valence electrons. The Morgan fingerprint density at radius 1 is 1.12 bits per heavy atom. The fourth-order valence-electron chi connectivity index (χ4n) is 3.08. The molecule has 1 saturated heterocycles. The molecule has 0 bridgehead atoms. The Kier molecular flexibility index (Phi) is 5.81. The summed E-state index contributed by atoms with van der Waals surface area (Å²) in [7, 11) is 1.55. The predicted molar refractivity (Wildman–Crippen MR) is 99.3 cm³/mol. The summed E-state index contributed by atoms with van der Waals surface area (Å²) in [4.78, 5) is 0. The molecule has 0 amide bonds. The number of rotatable bonds is 6. The number of benzene rings is 2. The van der Waals surface area contributed by atoms with E-state index in [1.165, 1.54) is 0 Å². The fraction of sp³-hybridized carbons (Fsp3) is 0.429. The smallest absolute Gasteiger partial charge is 0.199 e. The van der Waals surface area contributed by atoms with Gasteiger partial charge in [-0.05, 0) is 55.2 Å². The van der Waals surface area contributed by atoms with Gasteiger partial charge < -0.3 is 24.4 Å². The number of methoxy groups -OCH3 is 1. The quantitative estimate of drug-likeness (QED) is 0.828. The van der Waals surface area contributed by atoms with E-state index in [1.807, 2.05) is 36.4 Å². The molecule has 2 N–H and O–H groups in total. The summed E-state index contributed by atoms with van der Waals surface area (Å²) in [6, 6.07) is 13.3. The predicted octanol–water partition coefficient (Wildman–Crippen LogP) is 3.47. The van der Waals surface area contributed by atoms with Crippen molar-refractivity contribution in [1.29, 1.82) is 0 Å². The van der Waals surface area contributed by atoms with E-state index in [2.05, 4.69) is 0 Å². The monoisotopic (exact) mass is 358 g/mol. The van der Waals surface area contributed by atoms with Crippen LogP contribution in [0.25, 0.3) is 11.1 Å². The molecule has 26 heavy (non-hydrogen) atoms. The third kappa shape index (κ3) is 4.18. The summed E-state index contributed by atoms with van der Waals surface area (Å²) in [5.74, 6) is 1.32. The molecular formula is C21H26O5. The van der Waals surface area contributed by atoms with E-state index < -0.39 is 5.60 Å². The first-order chi connectivity index (χ1) is 12.5. The maximum atomic E-state index is 10.4. The van der Waals surface area contributed by atoms with Gasteiger partial charge >= 0.3 is 0 Å². The SMILES string of the molecule is COc1ccc(-c2ccc(OC3CCCCO3)cc2)cc1C(C)(O)CO. The molecule has 3 rings (SSSR count). The topological polar surface area (TPSA) is 68.2 Å². The molecule has 2 atom stereocenters. The maximum absolute atomic E-state index is 10.4. The normalized spacial score (nSPS) is 19.6. The van der Waals surface area contributed by atoms with Gasteiger partial charge in [-0.1, -0.05) is 18.2 Å². The van der Waals surface area contributed by atoms with E-state index >= 15 is 0 Å². The summed E-state index contributed by atoms with van der Waals surface area (Å²) in [6.45, 7) is 1.93. The van der Waals surface area contributed by atoms with Crippen LogP contribution < -0.4 is 9.47 Å². The van der Waals surface area contributed by atoms with Gasteiger partial charge in [0.25, 0.3) is 0 Å². The van der Waals surface area contributed by atoms with Crippen LogP contribution in [-0.4, -0.2) is 36.8 Å². The van der Waals surface area contributed by atoms with Gasteiger partial charge in [-0.25, -0.2) is 0 Å². The lowest BCUT2D eigenvalue weighted by molar-refractivity contribution is -0.105. The highest BCUT2D eigenvalue weighted by atomic mass is 16.7. The number of aliphatic hydroxyl groups excluding tert-OH is 1. The second-order valence-electron chi connectivity index (χ2n) is 6.79. The van der Waals surface area contributed by atoms with Gasteiger partial charge in [-0.15, -0.1) is 0 Å². The van der Waals surface area contributed by atoms with Crippen molar-refractivity contribution in [2.45, 2.75) is 38.1 Å². The summed E-state index contributed by atoms with van der Waals surface area (Å²) < 4.78 is 16.8. The van der Waals surface area contributed by atoms with Crippen LogP contribution >= 0.6 is 0 Å². The minimum absolute atomic E-state index is 0.165. The summed E-state index contributed by atoms with van der Waals surface area (Å²) >= 11 is 0. The molecule has 0 saturated carbocycles. The zero-order valence-corrected chi connectivity index (χ0v) is 15.3. The Hall–Kier alpha value is -2.08. The second kappa shape index (κ2) is 8.08. The van der Waals surface area contributed by atoms with Gasteiger partial charge in [-0.3, -0.25) is 0 Å². The lowest BCUT2D eigenvalue weighted by atomic mass is 9.92. The highest BCUT2D eigenvalue weighted by Gasteiger charge is 2.26. The third-order valence-corrected chi connectivity index (χ3v) is 4.68. The molecule has 0 aromatic heterocycles. The van der Waals surface area contributed by atoms with Gasteiger partial charge in [0.2, 0.25) is 0 Å². The Balaban J connectivity index is 1.81. The van der Waals surface area contributed by atoms with Crippen LogP contribution in [0.1, 0.15) is 31.7 Å². The summed E-state index contributed by atoms with van der Waals surface area (Å²) in [5.41, 5.74) is 1.09. The van der Waals surface area contributed by atoms with Crippen molar-refractivity contribution in [2.75, 3.05) is 20.3 Å². The van der Waals surface area contributed by atoms with Crippen LogP contribution in [0.4, 0.5) is 0 Å². The molecule has 0 aliphatic carbocycles. The van der Waals surface area contributed by atoms with Crippen molar-refractivity contribution in [3.8, 4) is 22.6 Å². The first-order valence-electron chi connectivity index (χ1n) is 8.94. The van der Waals surface area contributed by atoms with Crippen molar-refractivity contribution in [1.82, 2.24) is 0 Å². The van der Waals surface area contributed by atoms with E-state index in [0.29, 0.717) is 11.3 Å². The lowest BCUT2D eigenvalue weighted by Gasteiger charge is -2.24. The van der Waals surface area contributed by atoms with Crippen molar-refractivity contribution in [3.63, 3.8) is 0 Å². The molecular weight excluding hydrogens is 332 g/mol. The van der Waals surface area contributed by atoms with Crippen molar-refractivity contribution < 1.29 is 24.4 Å². The van der Waals surface area contributed by atoms with E-state index in [0.717, 1.165) is 42.7 Å². The first kappa shape index (κ1) is 18.7. The van der Waals surface area contributed by atoms with Crippen LogP contribution in [0, 0.1) is 0 Å².